The number of anilines is 2. The number of methoxy groups -OCH3 is 2. The number of benzene rings is 2. The van der Waals surface area contributed by atoms with Crippen LogP contribution < -0.4 is 19.7 Å². The molecule has 1 N–H and O–H groups in total. The van der Waals surface area contributed by atoms with Crippen LogP contribution in [0.2, 0.25) is 0 Å². The van der Waals surface area contributed by atoms with Gasteiger partial charge in [0.2, 0.25) is 0 Å². The molecule has 1 aliphatic rings. The predicted molar refractivity (Wildman–Crippen MR) is 113 cm³/mol. The van der Waals surface area contributed by atoms with Crippen LogP contribution in [0, 0.1) is 0 Å². The van der Waals surface area contributed by atoms with Gasteiger partial charge in [-0.25, -0.2) is 4.90 Å². The van der Waals surface area contributed by atoms with E-state index in [1.165, 1.54) is 16.2 Å². The topological polar surface area (TPSA) is 67.9 Å². The van der Waals surface area contributed by atoms with Crippen molar-refractivity contribution in [1.29, 1.82) is 0 Å². The van der Waals surface area contributed by atoms with Crippen LogP contribution in [-0.2, 0) is 9.59 Å². The van der Waals surface area contributed by atoms with Crippen molar-refractivity contribution in [2.24, 2.45) is 0 Å². The fraction of sp³-hybridized carbons (Fsp3) is 0.0909. The van der Waals surface area contributed by atoms with Crippen LogP contribution in [0.5, 0.6) is 11.5 Å². The lowest BCUT2D eigenvalue weighted by Gasteiger charge is -2.16. The molecule has 0 atom stereocenters. The highest BCUT2D eigenvalue weighted by Gasteiger charge is 2.40. The second-order valence-electron chi connectivity index (χ2n) is 6.20. The maximum atomic E-state index is 13.3. The van der Waals surface area contributed by atoms with E-state index in [4.69, 9.17) is 9.47 Å². The number of hydrogen-bond acceptors (Lipinski definition) is 6. The number of nitrogens with one attached hydrogen (secondary N) is 1. The molecular formula is C22H18N2O4S. The minimum absolute atomic E-state index is 0.202. The molecule has 6 nitrogen and oxygen atoms in total. The van der Waals surface area contributed by atoms with Gasteiger partial charge in [0.05, 0.1) is 31.2 Å². The number of nitrogens with zero attached hydrogens (tertiary/aromatic N) is 1. The number of ether oxygens (including phenoxy) is 2. The molecule has 7 heteroatoms. The zero-order chi connectivity index (χ0) is 20.4. The summed E-state index contributed by atoms with van der Waals surface area (Å²) in [4.78, 5) is 28.4. The second-order valence-corrected chi connectivity index (χ2v) is 7.15. The van der Waals surface area contributed by atoms with Gasteiger partial charge in [-0.3, -0.25) is 9.59 Å². The van der Waals surface area contributed by atoms with Crippen LogP contribution in [-0.4, -0.2) is 26.0 Å². The second kappa shape index (κ2) is 7.81. The summed E-state index contributed by atoms with van der Waals surface area (Å²) in [6, 6.07) is 17.8. The Hall–Kier alpha value is -3.58. The molecule has 0 unspecified atom stereocenters. The molecule has 0 spiro atoms. The molecule has 2 heterocycles. The van der Waals surface area contributed by atoms with E-state index in [9.17, 15) is 9.59 Å². The third kappa shape index (κ3) is 3.36. The SMILES string of the molecule is COc1ccc(OC)c(NC2=C(c3cccs3)C(=O)N(c3ccccc3)C2=O)c1. The molecule has 2 aromatic carbocycles. The highest BCUT2D eigenvalue weighted by Crippen LogP contribution is 2.37. The number of carbonyl (C=O) groups excluding carboxylic acids is 2. The fourth-order valence-electron chi connectivity index (χ4n) is 3.15. The molecule has 0 radical (unpaired) electrons. The average molecular weight is 406 g/mol. The number of rotatable bonds is 6. The lowest BCUT2D eigenvalue weighted by atomic mass is 10.1. The Labute approximate surface area is 172 Å². The number of imide groups is 1. The molecule has 0 saturated heterocycles. The van der Waals surface area contributed by atoms with Gasteiger partial charge in [0.25, 0.3) is 11.8 Å². The van der Waals surface area contributed by atoms with E-state index < -0.39 is 5.91 Å². The predicted octanol–water partition coefficient (Wildman–Crippen LogP) is 4.16. The molecular weight excluding hydrogens is 388 g/mol. The van der Waals surface area contributed by atoms with Gasteiger partial charge < -0.3 is 14.8 Å². The molecule has 0 fully saturated rings. The lowest BCUT2D eigenvalue weighted by molar-refractivity contribution is -0.120. The zero-order valence-corrected chi connectivity index (χ0v) is 16.7. The van der Waals surface area contributed by atoms with E-state index in [-0.39, 0.29) is 11.6 Å². The number of carbonyl (C=O) groups is 2. The van der Waals surface area contributed by atoms with Gasteiger partial charge in [-0.05, 0) is 35.7 Å². The van der Waals surface area contributed by atoms with Crippen LogP contribution in [0.3, 0.4) is 0 Å². The molecule has 1 aliphatic heterocycles. The zero-order valence-electron chi connectivity index (χ0n) is 15.8. The van der Waals surface area contributed by atoms with Gasteiger partial charge >= 0.3 is 0 Å². The van der Waals surface area contributed by atoms with Crippen molar-refractivity contribution in [3.8, 4) is 11.5 Å². The Kier molecular flexibility index (Phi) is 5.05. The summed E-state index contributed by atoms with van der Waals surface area (Å²) < 4.78 is 10.7. The maximum absolute atomic E-state index is 13.3. The smallest absolute Gasteiger partial charge is 0.282 e. The quantitative estimate of drug-likeness (QED) is 0.623. The van der Waals surface area contributed by atoms with Crippen molar-refractivity contribution in [2.75, 3.05) is 24.4 Å². The molecule has 1 aromatic heterocycles. The van der Waals surface area contributed by atoms with Gasteiger partial charge in [-0.15, -0.1) is 11.3 Å². The summed E-state index contributed by atoms with van der Waals surface area (Å²) in [5.74, 6) is 0.341. The molecule has 146 valence electrons. The Morgan fingerprint density at radius 3 is 2.34 bits per heavy atom. The molecule has 0 saturated carbocycles. The van der Waals surface area contributed by atoms with E-state index in [2.05, 4.69) is 5.32 Å². The number of thiophene rings is 1. The number of amides is 2. The van der Waals surface area contributed by atoms with Crippen LogP contribution in [0.25, 0.3) is 5.57 Å². The van der Waals surface area contributed by atoms with Crippen molar-refractivity contribution in [1.82, 2.24) is 0 Å². The van der Waals surface area contributed by atoms with Gasteiger partial charge in [0.15, 0.2) is 0 Å². The Morgan fingerprint density at radius 1 is 0.897 bits per heavy atom. The first-order valence-corrected chi connectivity index (χ1v) is 9.73. The largest absolute Gasteiger partial charge is 0.497 e. The van der Waals surface area contributed by atoms with Crippen molar-refractivity contribution < 1.29 is 19.1 Å². The lowest BCUT2D eigenvalue weighted by Crippen LogP contribution is -2.32. The van der Waals surface area contributed by atoms with Gasteiger partial charge in [0.1, 0.15) is 17.2 Å². The average Bonchev–Trinajstić information content (AvgIpc) is 3.35. The molecule has 0 aliphatic carbocycles. The summed E-state index contributed by atoms with van der Waals surface area (Å²) in [7, 11) is 3.10. The first kappa shape index (κ1) is 18.8. The minimum atomic E-state index is -0.422. The Morgan fingerprint density at radius 2 is 1.69 bits per heavy atom. The van der Waals surface area contributed by atoms with Crippen LogP contribution in [0.4, 0.5) is 11.4 Å². The summed E-state index contributed by atoms with van der Waals surface area (Å²) in [5, 5.41) is 4.99. The van der Waals surface area contributed by atoms with E-state index in [1.807, 2.05) is 23.6 Å². The summed E-state index contributed by atoms with van der Waals surface area (Å²) in [6.45, 7) is 0. The summed E-state index contributed by atoms with van der Waals surface area (Å²) in [5.41, 5.74) is 1.59. The monoisotopic (exact) mass is 406 g/mol. The normalized spacial score (nSPS) is 13.8. The van der Waals surface area contributed by atoms with Crippen molar-refractivity contribution >= 4 is 40.1 Å². The molecule has 0 bridgehead atoms. The van der Waals surface area contributed by atoms with Crippen molar-refractivity contribution in [3.05, 3.63) is 76.6 Å². The minimum Gasteiger partial charge on any atom is -0.497 e. The van der Waals surface area contributed by atoms with Crippen molar-refractivity contribution in [3.63, 3.8) is 0 Å². The first-order chi connectivity index (χ1) is 14.1. The van der Waals surface area contributed by atoms with Gasteiger partial charge in [-0.1, -0.05) is 24.3 Å². The van der Waals surface area contributed by atoms with Crippen molar-refractivity contribution in [2.45, 2.75) is 0 Å². The van der Waals surface area contributed by atoms with Crippen LogP contribution in [0.15, 0.2) is 71.7 Å². The Bertz CT molecular complexity index is 1090. The fourth-order valence-corrected chi connectivity index (χ4v) is 3.92. The van der Waals surface area contributed by atoms with Gasteiger partial charge in [-0.2, -0.15) is 0 Å². The van der Waals surface area contributed by atoms with Crippen LogP contribution >= 0.6 is 11.3 Å². The molecule has 29 heavy (non-hydrogen) atoms. The van der Waals surface area contributed by atoms with E-state index >= 15 is 0 Å². The highest BCUT2D eigenvalue weighted by molar-refractivity contribution is 7.11. The van der Waals surface area contributed by atoms with Gasteiger partial charge in [0, 0.05) is 10.9 Å². The third-order valence-electron chi connectivity index (χ3n) is 4.53. The molecule has 2 amide bonds. The van der Waals surface area contributed by atoms with E-state index in [0.29, 0.717) is 33.3 Å². The Balaban J connectivity index is 1.82. The summed E-state index contributed by atoms with van der Waals surface area (Å²) >= 11 is 1.40. The maximum Gasteiger partial charge on any atom is 0.282 e. The van der Waals surface area contributed by atoms with E-state index in [1.54, 1.807) is 56.7 Å². The first-order valence-electron chi connectivity index (χ1n) is 8.85. The third-order valence-corrected chi connectivity index (χ3v) is 5.42. The standard InChI is InChI=1S/C22H18N2O4S/c1-27-15-10-11-17(28-2)16(13-15)23-20-19(18-9-6-12-29-18)21(25)24(22(20)26)14-7-4-3-5-8-14/h3-13,23H,1-2H3. The number of hydrogen-bond donors (Lipinski definition) is 1. The summed E-state index contributed by atoms with van der Waals surface area (Å²) in [6.07, 6.45) is 0. The number of para-hydroxylation sites is 1. The van der Waals surface area contributed by atoms with Crippen LogP contribution in [0.1, 0.15) is 4.88 Å². The molecule has 3 aromatic rings. The molecule has 4 rings (SSSR count). The highest BCUT2D eigenvalue weighted by atomic mass is 32.1. The van der Waals surface area contributed by atoms with E-state index in [0.717, 1.165) is 0 Å².